The van der Waals surface area contributed by atoms with Gasteiger partial charge in [-0.25, -0.2) is 4.39 Å². The number of benzene rings is 2. The van der Waals surface area contributed by atoms with E-state index in [1.54, 1.807) is 18.2 Å². The fraction of sp³-hybridized carbons (Fsp3) is 0.0588. The molecular formula is C17H12FNO4S3. The number of thiocarbonyl (C=S) groups is 1. The Bertz CT molecular complexity index is 999. The molecule has 2 aromatic carbocycles. The van der Waals surface area contributed by atoms with Crippen LogP contribution in [0.15, 0.2) is 53.4 Å². The second kappa shape index (κ2) is 7.18. The number of rotatable bonds is 4. The predicted molar refractivity (Wildman–Crippen MR) is 104 cm³/mol. The molecule has 3 rings (SSSR count). The lowest BCUT2D eigenvalue weighted by molar-refractivity contribution is -0.113. The number of nitrogens with zero attached hydrogens (tertiary/aromatic N) is 1. The number of amides is 1. The smallest absolute Gasteiger partial charge is 0.306 e. The van der Waals surface area contributed by atoms with E-state index in [0.29, 0.717) is 20.5 Å². The molecule has 1 amide bonds. The van der Waals surface area contributed by atoms with Gasteiger partial charge in [-0.1, -0.05) is 36.1 Å². The van der Waals surface area contributed by atoms with Crippen molar-refractivity contribution in [1.29, 1.82) is 0 Å². The number of carbonyl (C=O) groups is 1. The molecule has 1 saturated heterocycles. The maximum Gasteiger partial charge on any atom is 0.306 e. The molecule has 9 heteroatoms. The first-order chi connectivity index (χ1) is 12.2. The van der Waals surface area contributed by atoms with Crippen molar-refractivity contribution >= 4 is 56.1 Å². The van der Waals surface area contributed by atoms with Gasteiger partial charge in [-0.3, -0.25) is 9.69 Å². The summed E-state index contributed by atoms with van der Waals surface area (Å²) in [6.07, 6.45) is 2.61. The van der Waals surface area contributed by atoms with Gasteiger partial charge in [0.1, 0.15) is 11.6 Å². The van der Waals surface area contributed by atoms with Crippen LogP contribution in [-0.2, 0) is 14.9 Å². The molecule has 2 aromatic rings. The topological polar surface area (TPSA) is 63.7 Å². The van der Waals surface area contributed by atoms with Crippen LogP contribution < -0.4 is 9.08 Å². The van der Waals surface area contributed by atoms with E-state index in [0.717, 1.165) is 18.0 Å². The second-order valence-corrected chi connectivity index (χ2v) is 8.60. The van der Waals surface area contributed by atoms with Crippen molar-refractivity contribution in [1.82, 2.24) is 0 Å². The Hall–Kier alpha value is -2.23. The van der Waals surface area contributed by atoms with Crippen LogP contribution in [-0.4, -0.2) is 24.9 Å². The lowest BCUT2D eigenvalue weighted by atomic mass is 10.2. The summed E-state index contributed by atoms with van der Waals surface area (Å²) in [6.45, 7) is 0. The van der Waals surface area contributed by atoms with E-state index in [2.05, 4.69) is 0 Å². The van der Waals surface area contributed by atoms with Gasteiger partial charge in [-0.2, -0.15) is 8.42 Å². The molecule has 0 spiro atoms. The summed E-state index contributed by atoms with van der Waals surface area (Å²) in [7, 11) is -3.59. The third kappa shape index (κ3) is 4.29. The SMILES string of the molecule is CS(=O)(=O)Oc1ccc(C=C2SC(=S)N(c3ccc(F)cc3)C2=O)cc1. The van der Waals surface area contributed by atoms with Crippen molar-refractivity contribution in [2.45, 2.75) is 0 Å². The van der Waals surface area contributed by atoms with Crippen LogP contribution >= 0.6 is 24.0 Å². The summed E-state index contributed by atoms with van der Waals surface area (Å²) in [5.41, 5.74) is 1.18. The van der Waals surface area contributed by atoms with Gasteiger partial charge in [0.05, 0.1) is 16.8 Å². The van der Waals surface area contributed by atoms with Gasteiger partial charge in [0.25, 0.3) is 5.91 Å². The molecule has 0 atom stereocenters. The van der Waals surface area contributed by atoms with Crippen LogP contribution in [0, 0.1) is 5.82 Å². The minimum absolute atomic E-state index is 0.184. The summed E-state index contributed by atoms with van der Waals surface area (Å²) < 4.78 is 40.4. The zero-order valence-electron chi connectivity index (χ0n) is 13.4. The lowest BCUT2D eigenvalue weighted by Gasteiger charge is -2.14. The normalized spacial score (nSPS) is 16.4. The molecule has 0 aromatic heterocycles. The zero-order chi connectivity index (χ0) is 18.9. The van der Waals surface area contributed by atoms with Gasteiger partial charge < -0.3 is 4.18 Å². The number of thioether (sulfide) groups is 1. The Morgan fingerprint density at radius 3 is 2.31 bits per heavy atom. The van der Waals surface area contributed by atoms with Gasteiger partial charge in [0, 0.05) is 0 Å². The lowest BCUT2D eigenvalue weighted by Crippen LogP contribution is -2.27. The van der Waals surface area contributed by atoms with Crippen molar-refractivity contribution < 1.29 is 21.8 Å². The van der Waals surface area contributed by atoms with E-state index in [9.17, 15) is 17.6 Å². The number of halogens is 1. The first-order valence-corrected chi connectivity index (χ1v) is 10.3. The van der Waals surface area contributed by atoms with E-state index in [1.807, 2.05) is 0 Å². The van der Waals surface area contributed by atoms with Gasteiger partial charge in [-0.15, -0.1) is 0 Å². The highest BCUT2D eigenvalue weighted by atomic mass is 32.2. The standard InChI is InChI=1S/C17H12FNO4S3/c1-26(21,22)23-14-8-2-11(3-9-14)10-15-16(20)19(17(24)25-15)13-6-4-12(18)5-7-13/h2-10H,1H3. The molecule has 0 aliphatic carbocycles. The van der Waals surface area contributed by atoms with E-state index < -0.39 is 15.9 Å². The zero-order valence-corrected chi connectivity index (χ0v) is 15.8. The van der Waals surface area contributed by atoms with Crippen molar-refractivity contribution in [3.63, 3.8) is 0 Å². The van der Waals surface area contributed by atoms with Gasteiger partial charge in [0.2, 0.25) is 0 Å². The van der Waals surface area contributed by atoms with Crippen molar-refractivity contribution in [3.8, 4) is 5.75 Å². The van der Waals surface area contributed by atoms with Crippen LogP contribution in [0.1, 0.15) is 5.56 Å². The molecule has 5 nitrogen and oxygen atoms in total. The molecule has 26 heavy (non-hydrogen) atoms. The van der Waals surface area contributed by atoms with E-state index in [1.165, 1.54) is 41.3 Å². The predicted octanol–water partition coefficient (Wildman–Crippen LogP) is 3.57. The maximum atomic E-state index is 13.1. The number of hydrogen-bond acceptors (Lipinski definition) is 6. The Balaban J connectivity index is 1.82. The molecule has 0 bridgehead atoms. The Morgan fingerprint density at radius 2 is 1.73 bits per heavy atom. The maximum absolute atomic E-state index is 13.1. The monoisotopic (exact) mass is 409 g/mol. The van der Waals surface area contributed by atoms with Crippen molar-refractivity contribution in [2.75, 3.05) is 11.2 Å². The van der Waals surface area contributed by atoms with Crippen molar-refractivity contribution in [2.24, 2.45) is 0 Å². The number of anilines is 1. The summed E-state index contributed by atoms with van der Waals surface area (Å²) in [5, 5.41) is 0. The van der Waals surface area contributed by atoms with Crippen LogP contribution in [0.2, 0.25) is 0 Å². The van der Waals surface area contributed by atoms with Gasteiger partial charge in [-0.05, 0) is 48.0 Å². The molecule has 134 valence electrons. The van der Waals surface area contributed by atoms with Gasteiger partial charge in [0.15, 0.2) is 4.32 Å². The summed E-state index contributed by atoms with van der Waals surface area (Å²) >= 11 is 6.39. The van der Waals surface area contributed by atoms with Crippen LogP contribution in [0.5, 0.6) is 5.75 Å². The first-order valence-electron chi connectivity index (χ1n) is 7.26. The molecule has 1 aliphatic heterocycles. The number of carbonyl (C=O) groups excluding carboxylic acids is 1. The molecule has 1 fully saturated rings. The third-order valence-corrected chi connectivity index (χ3v) is 5.10. The number of hydrogen-bond donors (Lipinski definition) is 0. The molecular weight excluding hydrogens is 397 g/mol. The fourth-order valence-electron chi connectivity index (χ4n) is 2.23. The highest BCUT2D eigenvalue weighted by Gasteiger charge is 2.33. The first kappa shape index (κ1) is 18.6. The largest absolute Gasteiger partial charge is 0.383 e. The van der Waals surface area contributed by atoms with Gasteiger partial charge >= 0.3 is 10.1 Å². The minimum Gasteiger partial charge on any atom is -0.383 e. The molecule has 1 aliphatic rings. The average Bonchev–Trinajstić information content (AvgIpc) is 2.83. The van der Waals surface area contributed by atoms with Crippen LogP contribution in [0.3, 0.4) is 0 Å². The van der Waals surface area contributed by atoms with Crippen LogP contribution in [0.4, 0.5) is 10.1 Å². The molecule has 0 N–H and O–H groups in total. The Morgan fingerprint density at radius 1 is 1.12 bits per heavy atom. The van der Waals surface area contributed by atoms with E-state index >= 15 is 0 Å². The van der Waals surface area contributed by atoms with E-state index in [4.69, 9.17) is 16.4 Å². The van der Waals surface area contributed by atoms with Crippen molar-refractivity contribution in [3.05, 3.63) is 64.8 Å². The molecule has 0 saturated carbocycles. The molecule has 0 unspecified atom stereocenters. The second-order valence-electron chi connectivity index (χ2n) is 5.35. The highest BCUT2D eigenvalue weighted by molar-refractivity contribution is 8.27. The Labute approximate surface area is 159 Å². The van der Waals surface area contributed by atoms with E-state index in [-0.39, 0.29) is 11.7 Å². The summed E-state index contributed by atoms with van der Waals surface area (Å²) in [5.74, 6) is -0.516. The fourth-order valence-corrected chi connectivity index (χ4v) is 3.99. The quantitative estimate of drug-likeness (QED) is 0.437. The molecule has 1 heterocycles. The average molecular weight is 409 g/mol. The summed E-state index contributed by atoms with van der Waals surface area (Å²) in [6, 6.07) is 11.7. The third-order valence-electron chi connectivity index (χ3n) is 3.30. The summed E-state index contributed by atoms with van der Waals surface area (Å²) in [4.78, 5) is 14.4. The highest BCUT2D eigenvalue weighted by Crippen LogP contribution is 2.36. The Kier molecular flexibility index (Phi) is 5.12. The molecule has 0 radical (unpaired) electrons. The van der Waals surface area contributed by atoms with Crippen LogP contribution in [0.25, 0.3) is 6.08 Å². The minimum atomic E-state index is -3.59.